The topological polar surface area (TPSA) is 9.23 Å². The molecular formula is C9H18OS. The van der Waals surface area contributed by atoms with Crippen molar-refractivity contribution in [2.75, 3.05) is 12.4 Å². The molecule has 66 valence electrons. The fraction of sp³-hybridized carbons (Fsp3) is 1.00. The Hall–Kier alpha value is 0.310. The normalized spacial score (nSPS) is 32.2. The fourth-order valence-electron chi connectivity index (χ4n) is 1.73. The third kappa shape index (κ3) is 3.04. The highest BCUT2D eigenvalue weighted by Crippen LogP contribution is 2.25. The van der Waals surface area contributed by atoms with Gasteiger partial charge in [-0.2, -0.15) is 12.6 Å². The summed E-state index contributed by atoms with van der Waals surface area (Å²) in [7, 11) is 0. The molecule has 0 saturated heterocycles. The van der Waals surface area contributed by atoms with Gasteiger partial charge in [-0.3, -0.25) is 0 Å². The van der Waals surface area contributed by atoms with Gasteiger partial charge in [-0.15, -0.1) is 0 Å². The van der Waals surface area contributed by atoms with Crippen molar-refractivity contribution in [1.29, 1.82) is 0 Å². The summed E-state index contributed by atoms with van der Waals surface area (Å²) < 4.78 is 5.67. The van der Waals surface area contributed by atoms with Crippen molar-refractivity contribution in [1.82, 2.24) is 0 Å². The summed E-state index contributed by atoms with van der Waals surface area (Å²) in [6.07, 6.45) is 5.87. The molecule has 0 heterocycles. The molecule has 2 heteroatoms. The summed E-state index contributed by atoms with van der Waals surface area (Å²) in [5.74, 6) is 1.62. The summed E-state index contributed by atoms with van der Waals surface area (Å²) in [6, 6.07) is 0. The quantitative estimate of drug-likeness (QED) is 0.647. The SMILES string of the molecule is CC1CCCCC1OCCS. The molecule has 1 rings (SSSR count). The Morgan fingerprint density at radius 3 is 2.73 bits per heavy atom. The van der Waals surface area contributed by atoms with Crippen LogP contribution in [-0.4, -0.2) is 18.5 Å². The van der Waals surface area contributed by atoms with Gasteiger partial charge in [0.1, 0.15) is 0 Å². The second-order valence-corrected chi connectivity index (χ2v) is 3.84. The Balaban J connectivity index is 2.18. The lowest BCUT2D eigenvalue weighted by Crippen LogP contribution is -2.26. The van der Waals surface area contributed by atoms with Gasteiger partial charge >= 0.3 is 0 Å². The lowest BCUT2D eigenvalue weighted by Gasteiger charge is -2.28. The van der Waals surface area contributed by atoms with Crippen molar-refractivity contribution in [3.63, 3.8) is 0 Å². The first-order chi connectivity index (χ1) is 5.34. The third-order valence-corrected chi connectivity index (χ3v) is 2.64. The Kier molecular flexibility index (Phi) is 4.31. The minimum Gasteiger partial charge on any atom is -0.377 e. The van der Waals surface area contributed by atoms with Gasteiger partial charge in [-0.1, -0.05) is 19.8 Å². The van der Waals surface area contributed by atoms with E-state index in [2.05, 4.69) is 19.6 Å². The number of rotatable bonds is 3. The van der Waals surface area contributed by atoms with Crippen molar-refractivity contribution in [3.8, 4) is 0 Å². The summed E-state index contributed by atoms with van der Waals surface area (Å²) in [6.45, 7) is 3.11. The average molecular weight is 174 g/mol. The van der Waals surface area contributed by atoms with E-state index in [4.69, 9.17) is 4.74 Å². The number of hydrogen-bond donors (Lipinski definition) is 1. The zero-order valence-electron chi connectivity index (χ0n) is 7.25. The second kappa shape index (κ2) is 5.04. The Bertz CT molecular complexity index is 106. The highest BCUT2D eigenvalue weighted by molar-refractivity contribution is 7.80. The van der Waals surface area contributed by atoms with E-state index in [1.165, 1.54) is 25.7 Å². The van der Waals surface area contributed by atoms with E-state index < -0.39 is 0 Å². The van der Waals surface area contributed by atoms with E-state index in [0.29, 0.717) is 6.10 Å². The van der Waals surface area contributed by atoms with Crippen LogP contribution in [0.4, 0.5) is 0 Å². The standard InChI is InChI=1S/C9H18OS/c1-8-4-2-3-5-9(8)10-6-7-11/h8-9,11H,2-7H2,1H3. The van der Waals surface area contributed by atoms with E-state index in [-0.39, 0.29) is 0 Å². The molecule has 1 aliphatic carbocycles. The minimum absolute atomic E-state index is 0.524. The largest absolute Gasteiger partial charge is 0.377 e. The molecule has 0 spiro atoms. The van der Waals surface area contributed by atoms with Gasteiger partial charge in [0.2, 0.25) is 0 Å². The molecule has 1 nitrogen and oxygen atoms in total. The molecule has 1 aliphatic rings. The van der Waals surface area contributed by atoms with Crippen molar-refractivity contribution < 1.29 is 4.74 Å². The number of hydrogen-bond acceptors (Lipinski definition) is 2. The van der Waals surface area contributed by atoms with Crippen LogP contribution in [0, 0.1) is 5.92 Å². The summed E-state index contributed by atoms with van der Waals surface area (Å²) in [5, 5.41) is 0. The maximum atomic E-state index is 5.67. The molecule has 2 unspecified atom stereocenters. The summed E-state index contributed by atoms with van der Waals surface area (Å²) >= 11 is 4.12. The molecule has 0 aliphatic heterocycles. The van der Waals surface area contributed by atoms with Gasteiger partial charge in [-0.05, 0) is 18.8 Å². The van der Waals surface area contributed by atoms with Crippen LogP contribution in [0.3, 0.4) is 0 Å². The first-order valence-corrected chi connectivity index (χ1v) is 5.20. The van der Waals surface area contributed by atoms with E-state index in [1.807, 2.05) is 0 Å². The van der Waals surface area contributed by atoms with Gasteiger partial charge in [0.25, 0.3) is 0 Å². The van der Waals surface area contributed by atoms with Crippen molar-refractivity contribution in [2.45, 2.75) is 38.7 Å². The minimum atomic E-state index is 0.524. The zero-order valence-corrected chi connectivity index (χ0v) is 8.15. The first-order valence-electron chi connectivity index (χ1n) is 4.57. The predicted molar refractivity (Wildman–Crippen MR) is 51.2 cm³/mol. The average Bonchev–Trinajstić information content (AvgIpc) is 2.03. The Morgan fingerprint density at radius 2 is 2.09 bits per heavy atom. The highest BCUT2D eigenvalue weighted by Gasteiger charge is 2.20. The Morgan fingerprint density at radius 1 is 1.36 bits per heavy atom. The third-order valence-electron chi connectivity index (χ3n) is 2.46. The fourth-order valence-corrected chi connectivity index (χ4v) is 1.84. The number of ether oxygens (including phenoxy) is 1. The first kappa shape index (κ1) is 9.40. The number of thiol groups is 1. The lowest BCUT2D eigenvalue weighted by atomic mass is 9.88. The van der Waals surface area contributed by atoms with Crippen LogP contribution >= 0.6 is 12.6 Å². The van der Waals surface area contributed by atoms with Crippen LogP contribution in [0.5, 0.6) is 0 Å². The van der Waals surface area contributed by atoms with Gasteiger partial charge in [0.15, 0.2) is 0 Å². The molecule has 0 radical (unpaired) electrons. The molecular weight excluding hydrogens is 156 g/mol. The molecule has 0 amide bonds. The zero-order chi connectivity index (χ0) is 8.10. The maximum absolute atomic E-state index is 5.67. The van der Waals surface area contributed by atoms with Crippen LogP contribution < -0.4 is 0 Å². The van der Waals surface area contributed by atoms with Crippen molar-refractivity contribution in [3.05, 3.63) is 0 Å². The van der Waals surface area contributed by atoms with Gasteiger partial charge in [-0.25, -0.2) is 0 Å². The predicted octanol–water partition coefficient (Wildman–Crippen LogP) is 2.51. The molecule has 0 aromatic rings. The molecule has 0 aromatic heterocycles. The van der Waals surface area contributed by atoms with Gasteiger partial charge < -0.3 is 4.74 Å². The van der Waals surface area contributed by atoms with Crippen LogP contribution in [0.1, 0.15) is 32.6 Å². The molecule has 0 bridgehead atoms. The smallest absolute Gasteiger partial charge is 0.0601 e. The Labute approximate surface area is 74.9 Å². The van der Waals surface area contributed by atoms with Crippen LogP contribution in [0.15, 0.2) is 0 Å². The molecule has 0 aromatic carbocycles. The molecule has 1 saturated carbocycles. The van der Waals surface area contributed by atoms with E-state index in [1.54, 1.807) is 0 Å². The monoisotopic (exact) mass is 174 g/mol. The molecule has 2 atom stereocenters. The van der Waals surface area contributed by atoms with E-state index in [0.717, 1.165) is 18.3 Å². The van der Waals surface area contributed by atoms with Crippen molar-refractivity contribution in [2.24, 2.45) is 5.92 Å². The lowest BCUT2D eigenvalue weighted by molar-refractivity contribution is 0.00357. The van der Waals surface area contributed by atoms with Gasteiger partial charge in [0, 0.05) is 5.75 Å². The van der Waals surface area contributed by atoms with E-state index >= 15 is 0 Å². The highest BCUT2D eigenvalue weighted by atomic mass is 32.1. The van der Waals surface area contributed by atoms with Crippen molar-refractivity contribution >= 4 is 12.6 Å². The molecule has 1 fully saturated rings. The van der Waals surface area contributed by atoms with Crippen LogP contribution in [0.25, 0.3) is 0 Å². The van der Waals surface area contributed by atoms with Crippen LogP contribution in [0.2, 0.25) is 0 Å². The molecule has 11 heavy (non-hydrogen) atoms. The summed E-state index contributed by atoms with van der Waals surface area (Å²) in [4.78, 5) is 0. The van der Waals surface area contributed by atoms with E-state index in [9.17, 15) is 0 Å². The van der Waals surface area contributed by atoms with Gasteiger partial charge in [0.05, 0.1) is 12.7 Å². The second-order valence-electron chi connectivity index (χ2n) is 3.39. The maximum Gasteiger partial charge on any atom is 0.0601 e. The molecule has 0 N–H and O–H groups in total. The summed E-state index contributed by atoms with van der Waals surface area (Å²) in [5.41, 5.74) is 0. The van der Waals surface area contributed by atoms with Crippen LogP contribution in [-0.2, 0) is 4.74 Å².